The fraction of sp³-hybridized carbons (Fsp3) is 0.643. The van der Waals surface area contributed by atoms with Gasteiger partial charge in [-0.25, -0.2) is 13.1 Å². The van der Waals surface area contributed by atoms with Crippen LogP contribution in [0.1, 0.15) is 19.3 Å². The molecule has 6 nitrogen and oxygen atoms in total. The van der Waals surface area contributed by atoms with Gasteiger partial charge in [0.2, 0.25) is 15.9 Å². The number of sulfonamides is 1. The van der Waals surface area contributed by atoms with Crippen LogP contribution >= 0.6 is 23.1 Å². The highest BCUT2D eigenvalue weighted by molar-refractivity contribution is 7.98. The molecule has 1 aliphatic heterocycles. The Bertz CT molecular complexity index is 596. The minimum atomic E-state index is -3.45. The van der Waals surface area contributed by atoms with E-state index in [1.54, 1.807) is 34.2 Å². The maximum atomic E-state index is 12.2. The van der Waals surface area contributed by atoms with Gasteiger partial charge in [0.05, 0.1) is 6.04 Å². The van der Waals surface area contributed by atoms with Crippen LogP contribution in [-0.4, -0.2) is 56.4 Å². The van der Waals surface area contributed by atoms with Crippen molar-refractivity contribution in [2.45, 2.75) is 35.6 Å². The molecule has 2 rings (SSSR count). The van der Waals surface area contributed by atoms with Crippen LogP contribution in [0.4, 0.5) is 0 Å². The molecule has 0 aliphatic carbocycles. The molecule has 1 atom stereocenters. The van der Waals surface area contributed by atoms with Crippen molar-refractivity contribution in [3.05, 3.63) is 17.5 Å². The molecule has 0 spiro atoms. The van der Waals surface area contributed by atoms with Crippen LogP contribution in [0.25, 0.3) is 0 Å². The quantitative estimate of drug-likeness (QED) is 0.742. The van der Waals surface area contributed by atoms with Crippen molar-refractivity contribution in [2.75, 3.05) is 25.1 Å². The first-order chi connectivity index (χ1) is 10.9. The molecule has 0 aromatic carbocycles. The number of likely N-dealkylation sites (tertiary alicyclic amines) is 1. The molecule has 2 heterocycles. The number of hydrogen-bond donors (Lipinski definition) is 2. The average molecular weight is 378 g/mol. The van der Waals surface area contributed by atoms with E-state index in [0.29, 0.717) is 36.6 Å². The van der Waals surface area contributed by atoms with E-state index in [9.17, 15) is 13.2 Å². The monoisotopic (exact) mass is 377 g/mol. The summed E-state index contributed by atoms with van der Waals surface area (Å²) in [5, 5.41) is 1.74. The van der Waals surface area contributed by atoms with Crippen molar-refractivity contribution in [3.63, 3.8) is 0 Å². The first kappa shape index (κ1) is 18.7. The SMILES string of the molecule is CSCC[C@H](N)C(=O)N1CCC(NS(=O)(=O)c2cccs2)CC1. The minimum Gasteiger partial charge on any atom is -0.341 e. The fourth-order valence-corrected chi connectivity index (χ4v) is 5.32. The zero-order valence-corrected chi connectivity index (χ0v) is 15.6. The summed E-state index contributed by atoms with van der Waals surface area (Å²) < 4.78 is 27.5. The van der Waals surface area contributed by atoms with E-state index < -0.39 is 16.1 Å². The Hall–Kier alpha value is -0.610. The van der Waals surface area contributed by atoms with Gasteiger partial charge in [0.15, 0.2) is 0 Å². The number of piperidine rings is 1. The first-order valence-corrected chi connectivity index (χ1v) is 11.3. The van der Waals surface area contributed by atoms with Gasteiger partial charge in [-0.1, -0.05) is 6.07 Å². The molecule has 0 radical (unpaired) electrons. The van der Waals surface area contributed by atoms with Gasteiger partial charge in [-0.3, -0.25) is 4.79 Å². The Morgan fingerprint density at radius 2 is 2.22 bits per heavy atom. The van der Waals surface area contributed by atoms with Crippen LogP contribution in [0.2, 0.25) is 0 Å². The molecular formula is C14H23N3O3S3. The summed E-state index contributed by atoms with van der Waals surface area (Å²) in [5.74, 6) is 0.836. The Morgan fingerprint density at radius 3 is 2.78 bits per heavy atom. The number of hydrogen-bond acceptors (Lipinski definition) is 6. The van der Waals surface area contributed by atoms with Crippen LogP contribution in [0.3, 0.4) is 0 Å². The van der Waals surface area contributed by atoms with Crippen molar-refractivity contribution in [3.8, 4) is 0 Å². The third kappa shape index (κ3) is 5.18. The molecule has 1 aromatic rings. The van der Waals surface area contributed by atoms with Crippen molar-refractivity contribution in [2.24, 2.45) is 5.73 Å². The van der Waals surface area contributed by atoms with Gasteiger partial charge >= 0.3 is 0 Å². The molecule has 1 amide bonds. The number of carbonyl (C=O) groups excluding carboxylic acids is 1. The number of rotatable bonds is 7. The van der Waals surface area contributed by atoms with Gasteiger partial charge < -0.3 is 10.6 Å². The molecule has 1 aromatic heterocycles. The van der Waals surface area contributed by atoms with Gasteiger partial charge in [-0.15, -0.1) is 11.3 Å². The molecule has 1 fully saturated rings. The summed E-state index contributed by atoms with van der Waals surface area (Å²) in [6.07, 6.45) is 3.89. The lowest BCUT2D eigenvalue weighted by Crippen LogP contribution is -2.51. The topological polar surface area (TPSA) is 92.5 Å². The predicted molar refractivity (Wildman–Crippen MR) is 95.2 cm³/mol. The summed E-state index contributed by atoms with van der Waals surface area (Å²) in [6, 6.07) is 2.72. The molecule has 130 valence electrons. The van der Waals surface area contributed by atoms with Crippen LogP contribution in [0.15, 0.2) is 21.7 Å². The normalized spacial score (nSPS) is 18.1. The van der Waals surface area contributed by atoms with Gasteiger partial charge in [-0.2, -0.15) is 11.8 Å². The second kappa shape index (κ2) is 8.48. The smallest absolute Gasteiger partial charge is 0.250 e. The molecule has 0 saturated carbocycles. The van der Waals surface area contributed by atoms with Gasteiger partial charge in [0.1, 0.15) is 4.21 Å². The number of nitrogens with two attached hydrogens (primary N) is 1. The second-order valence-corrected chi connectivity index (χ2v) is 9.42. The predicted octanol–water partition coefficient (Wildman–Crippen LogP) is 1.10. The molecular weight excluding hydrogens is 354 g/mol. The Morgan fingerprint density at radius 1 is 1.52 bits per heavy atom. The van der Waals surface area contributed by atoms with Gasteiger partial charge in [0, 0.05) is 19.1 Å². The Balaban J connectivity index is 1.83. The number of thiophene rings is 1. The molecule has 0 bridgehead atoms. The van der Waals surface area contributed by atoms with E-state index >= 15 is 0 Å². The summed E-state index contributed by atoms with van der Waals surface area (Å²) in [7, 11) is -3.45. The summed E-state index contributed by atoms with van der Waals surface area (Å²) in [4.78, 5) is 14.0. The number of carbonyl (C=O) groups is 1. The van der Waals surface area contributed by atoms with Crippen LogP contribution in [0.5, 0.6) is 0 Å². The molecule has 1 aliphatic rings. The van der Waals surface area contributed by atoms with Crippen molar-refractivity contribution >= 4 is 39.0 Å². The highest BCUT2D eigenvalue weighted by Crippen LogP contribution is 2.19. The van der Waals surface area contributed by atoms with Crippen molar-refractivity contribution in [1.29, 1.82) is 0 Å². The maximum Gasteiger partial charge on any atom is 0.250 e. The van der Waals surface area contributed by atoms with Crippen molar-refractivity contribution < 1.29 is 13.2 Å². The maximum absolute atomic E-state index is 12.2. The highest BCUT2D eigenvalue weighted by atomic mass is 32.2. The lowest BCUT2D eigenvalue weighted by atomic mass is 10.0. The van der Waals surface area contributed by atoms with E-state index in [1.807, 2.05) is 6.26 Å². The Labute approximate surface area is 145 Å². The average Bonchev–Trinajstić information content (AvgIpc) is 3.07. The van der Waals surface area contributed by atoms with Gasteiger partial charge in [-0.05, 0) is 42.7 Å². The van der Waals surface area contributed by atoms with Gasteiger partial charge in [0.25, 0.3) is 0 Å². The fourth-order valence-electron chi connectivity index (χ4n) is 2.51. The number of nitrogens with one attached hydrogen (secondary N) is 1. The molecule has 1 saturated heterocycles. The summed E-state index contributed by atoms with van der Waals surface area (Å²) >= 11 is 2.87. The third-order valence-electron chi connectivity index (χ3n) is 3.84. The third-order valence-corrected chi connectivity index (χ3v) is 7.40. The van der Waals surface area contributed by atoms with E-state index in [0.717, 1.165) is 5.75 Å². The van der Waals surface area contributed by atoms with E-state index in [2.05, 4.69) is 4.72 Å². The molecule has 0 unspecified atom stereocenters. The van der Waals surface area contributed by atoms with E-state index in [4.69, 9.17) is 5.73 Å². The minimum absolute atomic E-state index is 0.0291. The standard InChI is InChI=1S/C14H23N3O3S3/c1-21-10-6-12(15)14(18)17-7-4-11(5-8-17)16-23(19,20)13-3-2-9-22-13/h2-3,9,11-12,16H,4-8,10,15H2,1H3/t12-/m0/s1. The number of amides is 1. The lowest BCUT2D eigenvalue weighted by Gasteiger charge is -2.33. The van der Waals surface area contributed by atoms with Crippen LogP contribution in [0, 0.1) is 0 Å². The highest BCUT2D eigenvalue weighted by Gasteiger charge is 2.28. The van der Waals surface area contributed by atoms with Crippen LogP contribution < -0.4 is 10.5 Å². The largest absolute Gasteiger partial charge is 0.341 e. The molecule has 23 heavy (non-hydrogen) atoms. The lowest BCUT2D eigenvalue weighted by molar-refractivity contribution is -0.133. The first-order valence-electron chi connectivity index (χ1n) is 7.53. The summed E-state index contributed by atoms with van der Waals surface area (Å²) in [6.45, 7) is 1.09. The number of nitrogens with zero attached hydrogens (tertiary/aromatic N) is 1. The molecule has 3 N–H and O–H groups in total. The molecule has 9 heteroatoms. The number of thioether (sulfide) groups is 1. The summed E-state index contributed by atoms with van der Waals surface area (Å²) in [5.41, 5.74) is 5.92. The van der Waals surface area contributed by atoms with E-state index in [-0.39, 0.29) is 11.9 Å². The van der Waals surface area contributed by atoms with Crippen LogP contribution in [-0.2, 0) is 14.8 Å². The zero-order chi connectivity index (χ0) is 16.9. The second-order valence-electron chi connectivity index (χ2n) is 5.54. The van der Waals surface area contributed by atoms with E-state index in [1.165, 1.54) is 11.3 Å². The Kier molecular flexibility index (Phi) is 6.90. The zero-order valence-electron chi connectivity index (χ0n) is 13.1. The van der Waals surface area contributed by atoms with Crippen molar-refractivity contribution in [1.82, 2.24) is 9.62 Å².